The highest BCUT2D eigenvalue weighted by molar-refractivity contribution is 14.0. The molecular weight excluding hydrogens is 423 g/mol. The van der Waals surface area contributed by atoms with Gasteiger partial charge in [-0.3, -0.25) is 0 Å². The van der Waals surface area contributed by atoms with E-state index < -0.39 is 0 Å². The number of hydrogen-bond acceptors (Lipinski definition) is 1. The van der Waals surface area contributed by atoms with Crippen LogP contribution in [-0.2, 0) is 13.0 Å². The fourth-order valence-corrected chi connectivity index (χ4v) is 2.12. The van der Waals surface area contributed by atoms with Gasteiger partial charge >= 0.3 is 0 Å². The van der Waals surface area contributed by atoms with E-state index in [-0.39, 0.29) is 35.6 Å². The third-order valence-corrected chi connectivity index (χ3v) is 3.32. The Kier molecular flexibility index (Phi) is 9.29. The van der Waals surface area contributed by atoms with Gasteiger partial charge in [0.15, 0.2) is 5.96 Å². The molecule has 0 atom stereocenters. The van der Waals surface area contributed by atoms with Crippen molar-refractivity contribution in [3.05, 3.63) is 71.3 Å². The number of hydrogen-bond donors (Lipinski definition) is 2. The lowest BCUT2D eigenvalue weighted by atomic mass is 10.1. The number of benzene rings is 2. The SMILES string of the molecule is CCNC(=NCc1ccc(F)cc1)NCCc1ccccc1F.I. The van der Waals surface area contributed by atoms with Crippen molar-refractivity contribution in [2.45, 2.75) is 19.9 Å². The molecule has 6 heteroatoms. The summed E-state index contributed by atoms with van der Waals surface area (Å²) in [7, 11) is 0. The van der Waals surface area contributed by atoms with Crippen molar-refractivity contribution in [1.82, 2.24) is 10.6 Å². The maximum absolute atomic E-state index is 13.6. The quantitative estimate of drug-likeness (QED) is 0.403. The minimum absolute atomic E-state index is 0. The summed E-state index contributed by atoms with van der Waals surface area (Å²) in [6, 6.07) is 13.0. The van der Waals surface area contributed by atoms with Gasteiger partial charge in [0.2, 0.25) is 0 Å². The number of aliphatic imine (C=N–C) groups is 1. The summed E-state index contributed by atoms with van der Waals surface area (Å²) < 4.78 is 26.4. The van der Waals surface area contributed by atoms with Gasteiger partial charge in [-0.05, 0) is 42.7 Å². The van der Waals surface area contributed by atoms with E-state index in [9.17, 15) is 8.78 Å². The minimum Gasteiger partial charge on any atom is -0.357 e. The first-order valence-electron chi connectivity index (χ1n) is 7.69. The second-order valence-electron chi connectivity index (χ2n) is 5.09. The molecule has 0 radical (unpaired) electrons. The van der Waals surface area contributed by atoms with Crippen LogP contribution in [0.25, 0.3) is 0 Å². The van der Waals surface area contributed by atoms with E-state index in [0.29, 0.717) is 31.0 Å². The van der Waals surface area contributed by atoms with Crippen LogP contribution in [0, 0.1) is 11.6 Å². The molecule has 130 valence electrons. The maximum atomic E-state index is 13.6. The summed E-state index contributed by atoms with van der Waals surface area (Å²) in [6.45, 7) is 3.74. The van der Waals surface area contributed by atoms with E-state index in [1.165, 1.54) is 18.2 Å². The average molecular weight is 445 g/mol. The van der Waals surface area contributed by atoms with E-state index in [1.807, 2.05) is 13.0 Å². The fourth-order valence-electron chi connectivity index (χ4n) is 2.12. The third kappa shape index (κ3) is 6.82. The van der Waals surface area contributed by atoms with E-state index in [1.54, 1.807) is 24.3 Å². The van der Waals surface area contributed by atoms with E-state index in [2.05, 4.69) is 15.6 Å². The number of rotatable bonds is 6. The molecule has 2 aromatic rings. The monoisotopic (exact) mass is 445 g/mol. The zero-order chi connectivity index (χ0) is 16.5. The Labute approximate surface area is 158 Å². The largest absolute Gasteiger partial charge is 0.357 e. The molecule has 0 fully saturated rings. The lowest BCUT2D eigenvalue weighted by Crippen LogP contribution is -2.38. The van der Waals surface area contributed by atoms with E-state index >= 15 is 0 Å². The van der Waals surface area contributed by atoms with Gasteiger partial charge in [0.25, 0.3) is 0 Å². The van der Waals surface area contributed by atoms with Crippen molar-refractivity contribution < 1.29 is 8.78 Å². The van der Waals surface area contributed by atoms with Crippen LogP contribution in [-0.4, -0.2) is 19.0 Å². The molecule has 0 aliphatic rings. The Balaban J connectivity index is 0.00000288. The first-order valence-corrected chi connectivity index (χ1v) is 7.69. The molecule has 0 amide bonds. The summed E-state index contributed by atoms with van der Waals surface area (Å²) >= 11 is 0. The average Bonchev–Trinajstić information content (AvgIpc) is 2.56. The zero-order valence-corrected chi connectivity index (χ0v) is 15.9. The summed E-state index contributed by atoms with van der Waals surface area (Å²) in [5.74, 6) is 0.211. The van der Waals surface area contributed by atoms with Gasteiger partial charge in [-0.1, -0.05) is 30.3 Å². The molecular formula is C18H22F2IN3. The Morgan fingerprint density at radius 1 is 1.00 bits per heavy atom. The molecule has 3 nitrogen and oxygen atoms in total. The smallest absolute Gasteiger partial charge is 0.191 e. The number of halogens is 3. The van der Waals surface area contributed by atoms with Gasteiger partial charge in [-0.15, -0.1) is 24.0 Å². The normalized spacial score (nSPS) is 10.9. The predicted octanol–water partition coefficient (Wildman–Crippen LogP) is 3.88. The minimum atomic E-state index is -0.257. The van der Waals surface area contributed by atoms with Crippen LogP contribution in [0.3, 0.4) is 0 Å². The van der Waals surface area contributed by atoms with Crippen LogP contribution in [0.2, 0.25) is 0 Å². The molecule has 24 heavy (non-hydrogen) atoms. The molecule has 0 aromatic heterocycles. The second kappa shape index (κ2) is 11.0. The first kappa shape index (κ1) is 20.3. The van der Waals surface area contributed by atoms with Crippen molar-refractivity contribution in [2.24, 2.45) is 4.99 Å². The van der Waals surface area contributed by atoms with Gasteiger partial charge in [-0.25, -0.2) is 13.8 Å². The highest BCUT2D eigenvalue weighted by Crippen LogP contribution is 2.06. The Morgan fingerprint density at radius 3 is 2.38 bits per heavy atom. The van der Waals surface area contributed by atoms with Crippen molar-refractivity contribution in [2.75, 3.05) is 13.1 Å². The van der Waals surface area contributed by atoms with Gasteiger partial charge in [0.05, 0.1) is 6.54 Å². The first-order chi connectivity index (χ1) is 11.2. The van der Waals surface area contributed by atoms with Crippen molar-refractivity contribution in [3.63, 3.8) is 0 Å². The van der Waals surface area contributed by atoms with Gasteiger partial charge < -0.3 is 10.6 Å². The standard InChI is InChI=1S/C18H21F2N3.HI/c1-2-21-18(23-13-14-7-9-16(19)10-8-14)22-12-11-15-5-3-4-6-17(15)20;/h3-10H,2,11-13H2,1H3,(H2,21,22,23);1H. The van der Waals surface area contributed by atoms with Crippen LogP contribution < -0.4 is 10.6 Å². The number of nitrogens with one attached hydrogen (secondary N) is 2. The summed E-state index contributed by atoms with van der Waals surface area (Å²) in [6.07, 6.45) is 0.577. The second-order valence-corrected chi connectivity index (χ2v) is 5.09. The number of guanidine groups is 1. The van der Waals surface area contributed by atoms with Gasteiger partial charge in [0.1, 0.15) is 11.6 Å². The molecule has 0 unspecified atom stereocenters. The molecule has 0 spiro atoms. The van der Waals surface area contributed by atoms with Gasteiger partial charge in [-0.2, -0.15) is 0 Å². The maximum Gasteiger partial charge on any atom is 0.191 e. The van der Waals surface area contributed by atoms with Crippen LogP contribution >= 0.6 is 24.0 Å². The molecule has 0 saturated carbocycles. The Hall–Kier alpha value is -1.70. The topological polar surface area (TPSA) is 36.4 Å². The molecule has 0 aliphatic heterocycles. The van der Waals surface area contributed by atoms with Crippen molar-refractivity contribution in [3.8, 4) is 0 Å². The van der Waals surface area contributed by atoms with Crippen molar-refractivity contribution >= 4 is 29.9 Å². The molecule has 2 aromatic carbocycles. The highest BCUT2D eigenvalue weighted by atomic mass is 127. The van der Waals surface area contributed by atoms with Crippen molar-refractivity contribution in [1.29, 1.82) is 0 Å². The molecule has 0 bridgehead atoms. The summed E-state index contributed by atoms with van der Waals surface area (Å²) in [5.41, 5.74) is 1.60. The Morgan fingerprint density at radius 2 is 1.71 bits per heavy atom. The van der Waals surface area contributed by atoms with E-state index in [0.717, 1.165) is 12.1 Å². The highest BCUT2D eigenvalue weighted by Gasteiger charge is 2.02. The lowest BCUT2D eigenvalue weighted by Gasteiger charge is -2.11. The number of nitrogens with zero attached hydrogens (tertiary/aromatic N) is 1. The van der Waals surface area contributed by atoms with Crippen LogP contribution in [0.15, 0.2) is 53.5 Å². The lowest BCUT2D eigenvalue weighted by molar-refractivity contribution is 0.606. The molecule has 0 heterocycles. The van der Waals surface area contributed by atoms with E-state index in [4.69, 9.17) is 0 Å². The van der Waals surface area contributed by atoms with Crippen LogP contribution in [0.1, 0.15) is 18.1 Å². The summed E-state index contributed by atoms with van der Waals surface area (Å²) in [4.78, 5) is 4.45. The van der Waals surface area contributed by atoms with Crippen LogP contribution in [0.5, 0.6) is 0 Å². The Bertz CT molecular complexity index is 645. The summed E-state index contributed by atoms with van der Waals surface area (Å²) in [5, 5.41) is 6.31. The molecule has 2 N–H and O–H groups in total. The van der Waals surface area contributed by atoms with Gasteiger partial charge in [0, 0.05) is 13.1 Å². The molecule has 0 aliphatic carbocycles. The predicted molar refractivity (Wildman–Crippen MR) is 105 cm³/mol. The third-order valence-electron chi connectivity index (χ3n) is 3.32. The fraction of sp³-hybridized carbons (Fsp3) is 0.278. The molecule has 0 saturated heterocycles. The zero-order valence-electron chi connectivity index (χ0n) is 13.6. The molecule has 2 rings (SSSR count). The van der Waals surface area contributed by atoms with Crippen LogP contribution in [0.4, 0.5) is 8.78 Å².